The maximum atomic E-state index is 12.3. The Morgan fingerprint density at radius 3 is 2.62 bits per heavy atom. The third-order valence-corrected chi connectivity index (χ3v) is 4.57. The molecule has 0 unspecified atom stereocenters. The van der Waals surface area contributed by atoms with E-state index in [0.717, 1.165) is 16.8 Å². The van der Waals surface area contributed by atoms with Gasteiger partial charge in [-0.15, -0.1) is 9.89 Å². The second kappa shape index (κ2) is 7.24. The van der Waals surface area contributed by atoms with Gasteiger partial charge in [-0.25, -0.2) is 5.43 Å². The van der Waals surface area contributed by atoms with Crippen LogP contribution in [0.1, 0.15) is 21.6 Å². The van der Waals surface area contributed by atoms with Crippen molar-refractivity contribution in [3.05, 3.63) is 82.9 Å². The number of fused-ring (bicyclic) bond motifs is 1. The summed E-state index contributed by atoms with van der Waals surface area (Å²) in [5.41, 5.74) is 8.64. The van der Waals surface area contributed by atoms with Gasteiger partial charge in [-0.2, -0.15) is 5.10 Å². The third-order valence-electron chi connectivity index (χ3n) is 3.62. The van der Waals surface area contributed by atoms with E-state index in [1.807, 2.05) is 66.1 Å². The molecule has 0 spiro atoms. The number of nitrogens with one attached hydrogen (secondary N) is 2. The predicted molar refractivity (Wildman–Crippen MR) is 101 cm³/mol. The van der Waals surface area contributed by atoms with Crippen LogP contribution in [0.25, 0.3) is 5.70 Å². The smallest absolute Gasteiger partial charge is 0.275 e. The molecule has 2 heterocycles. The van der Waals surface area contributed by atoms with Gasteiger partial charge in [0.05, 0.1) is 11.9 Å². The van der Waals surface area contributed by atoms with Crippen molar-refractivity contribution in [2.24, 2.45) is 5.10 Å². The Kier molecular flexibility index (Phi) is 4.48. The van der Waals surface area contributed by atoms with E-state index in [0.29, 0.717) is 5.03 Å². The monoisotopic (exact) mass is 362 g/mol. The van der Waals surface area contributed by atoms with E-state index in [9.17, 15) is 4.79 Å². The van der Waals surface area contributed by atoms with E-state index in [1.54, 1.807) is 6.21 Å². The van der Waals surface area contributed by atoms with Crippen LogP contribution in [0.15, 0.2) is 76.2 Å². The molecule has 1 aliphatic rings. The maximum Gasteiger partial charge on any atom is 0.294 e. The number of benzene rings is 2. The second-order valence-corrected chi connectivity index (χ2v) is 6.25. The molecular formula is C18H14N6OS. The highest BCUT2D eigenvalue weighted by atomic mass is 32.2. The number of carbonyl (C=O) groups excluding carboxylic acids is 1. The molecule has 0 bridgehead atoms. The molecule has 26 heavy (non-hydrogen) atoms. The fourth-order valence-electron chi connectivity index (χ4n) is 2.36. The zero-order valence-corrected chi connectivity index (χ0v) is 14.4. The van der Waals surface area contributed by atoms with Gasteiger partial charge in [0.15, 0.2) is 10.7 Å². The predicted octanol–water partition coefficient (Wildman–Crippen LogP) is 2.69. The SMILES string of the molecule is O=C(NN=Cc1ccccc1)c1nnn2c1SC=C(c1ccccc1)N2. The summed E-state index contributed by atoms with van der Waals surface area (Å²) >= 11 is 1.38. The Morgan fingerprint density at radius 1 is 1.12 bits per heavy atom. The number of aromatic nitrogens is 3. The molecule has 0 atom stereocenters. The summed E-state index contributed by atoms with van der Waals surface area (Å²) in [6.45, 7) is 0. The lowest BCUT2D eigenvalue weighted by Crippen LogP contribution is -2.21. The van der Waals surface area contributed by atoms with E-state index in [2.05, 4.69) is 26.3 Å². The van der Waals surface area contributed by atoms with Gasteiger partial charge < -0.3 is 0 Å². The topological polar surface area (TPSA) is 84.2 Å². The first-order valence-corrected chi connectivity index (χ1v) is 8.72. The normalized spacial score (nSPS) is 13.0. The van der Waals surface area contributed by atoms with Gasteiger partial charge in [0.25, 0.3) is 5.91 Å². The first-order valence-electron chi connectivity index (χ1n) is 7.85. The number of carbonyl (C=O) groups is 1. The molecule has 0 fully saturated rings. The second-order valence-electron chi connectivity index (χ2n) is 5.39. The molecule has 0 saturated heterocycles. The van der Waals surface area contributed by atoms with Crippen LogP contribution in [0.3, 0.4) is 0 Å². The summed E-state index contributed by atoms with van der Waals surface area (Å²) in [6, 6.07) is 19.4. The maximum absolute atomic E-state index is 12.3. The van der Waals surface area contributed by atoms with Crippen molar-refractivity contribution in [1.82, 2.24) is 20.5 Å². The average molecular weight is 362 g/mol. The number of hydrogen-bond donors (Lipinski definition) is 2. The standard InChI is InChI=1S/C18H14N6OS/c25-17(21-19-11-13-7-3-1-4-8-13)16-18-24(23-20-16)22-15(12-26-18)14-9-5-2-6-10-14/h1-12,22H,(H,21,25). The Balaban J connectivity index is 1.46. The highest BCUT2D eigenvalue weighted by Crippen LogP contribution is 2.30. The van der Waals surface area contributed by atoms with Crippen molar-refractivity contribution in [2.45, 2.75) is 5.03 Å². The van der Waals surface area contributed by atoms with Gasteiger partial charge in [-0.1, -0.05) is 72.4 Å². The summed E-state index contributed by atoms with van der Waals surface area (Å²) in [5, 5.41) is 14.5. The number of hydrazone groups is 1. The van der Waals surface area contributed by atoms with Gasteiger partial charge >= 0.3 is 0 Å². The summed E-state index contributed by atoms with van der Waals surface area (Å²) in [6.07, 6.45) is 1.58. The molecule has 7 nitrogen and oxygen atoms in total. The summed E-state index contributed by atoms with van der Waals surface area (Å²) in [4.78, 5) is 13.8. The molecule has 2 N–H and O–H groups in total. The van der Waals surface area contributed by atoms with Crippen LogP contribution in [0.2, 0.25) is 0 Å². The molecule has 4 rings (SSSR count). The Bertz CT molecular complexity index is 981. The zero-order valence-electron chi connectivity index (χ0n) is 13.5. The van der Waals surface area contributed by atoms with Crippen LogP contribution in [-0.2, 0) is 0 Å². The fourth-order valence-corrected chi connectivity index (χ4v) is 3.20. The highest BCUT2D eigenvalue weighted by molar-refractivity contribution is 8.02. The first kappa shape index (κ1) is 16.1. The van der Waals surface area contributed by atoms with Gasteiger partial charge in [-0.05, 0) is 10.8 Å². The van der Waals surface area contributed by atoms with Crippen molar-refractivity contribution in [1.29, 1.82) is 0 Å². The molecule has 3 aromatic rings. The van der Waals surface area contributed by atoms with Gasteiger partial charge in [0, 0.05) is 11.0 Å². The summed E-state index contributed by atoms with van der Waals surface area (Å²) in [5.74, 6) is -0.413. The van der Waals surface area contributed by atoms with Crippen LogP contribution >= 0.6 is 11.8 Å². The van der Waals surface area contributed by atoms with Crippen LogP contribution in [0.5, 0.6) is 0 Å². The van der Waals surface area contributed by atoms with Gasteiger partial charge in [0.2, 0.25) is 0 Å². The molecule has 0 saturated carbocycles. The largest absolute Gasteiger partial charge is 0.294 e. The Morgan fingerprint density at radius 2 is 1.85 bits per heavy atom. The molecule has 0 aliphatic carbocycles. The van der Waals surface area contributed by atoms with Crippen LogP contribution < -0.4 is 10.9 Å². The molecule has 128 valence electrons. The molecule has 1 amide bonds. The number of hydrogen-bond acceptors (Lipinski definition) is 6. The van der Waals surface area contributed by atoms with Gasteiger partial charge in [0.1, 0.15) is 0 Å². The lowest BCUT2D eigenvalue weighted by Gasteiger charge is -2.16. The van der Waals surface area contributed by atoms with Crippen LogP contribution in [0.4, 0.5) is 0 Å². The van der Waals surface area contributed by atoms with E-state index in [1.165, 1.54) is 16.6 Å². The lowest BCUT2D eigenvalue weighted by molar-refractivity contribution is 0.0947. The zero-order chi connectivity index (χ0) is 17.8. The van der Waals surface area contributed by atoms with Crippen molar-refractivity contribution >= 4 is 29.6 Å². The first-order chi connectivity index (χ1) is 12.8. The van der Waals surface area contributed by atoms with Crippen molar-refractivity contribution in [2.75, 3.05) is 5.43 Å². The number of thioether (sulfide) groups is 1. The van der Waals surface area contributed by atoms with E-state index < -0.39 is 5.91 Å². The molecule has 1 aliphatic heterocycles. The number of nitrogens with zero attached hydrogens (tertiary/aromatic N) is 4. The minimum atomic E-state index is -0.413. The number of amides is 1. The molecule has 0 radical (unpaired) electrons. The third kappa shape index (κ3) is 3.35. The van der Waals surface area contributed by atoms with Crippen molar-refractivity contribution in [3.63, 3.8) is 0 Å². The Hall–Kier alpha value is -3.39. The average Bonchev–Trinajstić information content (AvgIpc) is 3.13. The van der Waals surface area contributed by atoms with E-state index in [-0.39, 0.29) is 5.69 Å². The highest BCUT2D eigenvalue weighted by Gasteiger charge is 2.23. The van der Waals surface area contributed by atoms with Crippen molar-refractivity contribution in [3.8, 4) is 0 Å². The minimum absolute atomic E-state index is 0.219. The van der Waals surface area contributed by atoms with Crippen molar-refractivity contribution < 1.29 is 4.79 Å². The van der Waals surface area contributed by atoms with Crippen LogP contribution in [0, 0.1) is 0 Å². The van der Waals surface area contributed by atoms with E-state index >= 15 is 0 Å². The minimum Gasteiger partial charge on any atom is -0.275 e. The molecule has 2 aromatic carbocycles. The Labute approximate surface area is 153 Å². The lowest BCUT2D eigenvalue weighted by atomic mass is 10.2. The molecule has 8 heteroatoms. The van der Waals surface area contributed by atoms with Gasteiger partial charge in [-0.3, -0.25) is 10.2 Å². The number of rotatable bonds is 4. The fraction of sp³-hybridized carbons (Fsp3) is 0. The quantitative estimate of drug-likeness (QED) is 0.551. The molecule has 1 aromatic heterocycles. The van der Waals surface area contributed by atoms with E-state index in [4.69, 9.17) is 0 Å². The summed E-state index contributed by atoms with van der Waals surface area (Å²) in [7, 11) is 0. The molecular weight excluding hydrogens is 348 g/mol. The van der Waals surface area contributed by atoms with Crippen LogP contribution in [-0.4, -0.2) is 27.2 Å². The summed E-state index contributed by atoms with van der Waals surface area (Å²) < 4.78 is 0.